The van der Waals surface area contributed by atoms with Crippen LogP contribution in [0.25, 0.3) is 0 Å². The normalized spacial score (nSPS) is 16.8. The summed E-state index contributed by atoms with van der Waals surface area (Å²) in [7, 11) is 0. The molecule has 2 rings (SSSR count). The highest BCUT2D eigenvalue weighted by Crippen LogP contribution is 2.44. The molecule has 1 nitrogen and oxygen atoms in total. The Morgan fingerprint density at radius 3 is 2.40 bits per heavy atom. The van der Waals surface area contributed by atoms with Crippen LogP contribution < -0.4 is 4.74 Å². The van der Waals surface area contributed by atoms with Crippen LogP contribution in [0.5, 0.6) is 5.75 Å². The molecule has 25 heavy (non-hydrogen) atoms. The lowest BCUT2D eigenvalue weighted by Gasteiger charge is -2.38. The van der Waals surface area contributed by atoms with Gasteiger partial charge in [-0.2, -0.15) is 0 Å². The average Bonchev–Trinajstić information content (AvgIpc) is 2.63. The van der Waals surface area contributed by atoms with E-state index in [2.05, 4.69) is 6.92 Å². The summed E-state index contributed by atoms with van der Waals surface area (Å²) in [6.07, 6.45) is 17.3. The smallest absolute Gasteiger partial charge is 0.165 e. The minimum absolute atomic E-state index is 0.211. The molecule has 1 saturated carbocycles. The van der Waals surface area contributed by atoms with Crippen LogP contribution in [0, 0.1) is 11.2 Å². The fourth-order valence-corrected chi connectivity index (χ4v) is 4.41. The molecule has 0 spiro atoms. The van der Waals surface area contributed by atoms with Crippen LogP contribution in [0.3, 0.4) is 0 Å². The number of rotatable bonds is 11. The lowest BCUT2D eigenvalue weighted by Crippen LogP contribution is -2.25. The first-order valence-electron chi connectivity index (χ1n) is 10.6. The van der Waals surface area contributed by atoms with Crippen LogP contribution in [-0.4, -0.2) is 6.61 Å². The molecule has 0 saturated heterocycles. The maximum absolute atomic E-state index is 14.1. The van der Waals surface area contributed by atoms with Gasteiger partial charge in [0.05, 0.1) is 6.61 Å². The van der Waals surface area contributed by atoms with Gasteiger partial charge < -0.3 is 4.74 Å². The van der Waals surface area contributed by atoms with E-state index in [1.54, 1.807) is 12.1 Å². The number of hydrogen-bond acceptors (Lipinski definition) is 1. The van der Waals surface area contributed by atoms with Gasteiger partial charge in [0.2, 0.25) is 0 Å². The quantitative estimate of drug-likeness (QED) is 0.377. The highest BCUT2D eigenvalue weighted by molar-refractivity contribution is 5.29. The van der Waals surface area contributed by atoms with Gasteiger partial charge in [-0.25, -0.2) is 4.39 Å². The Bertz CT molecular complexity index is 491. The zero-order valence-electron chi connectivity index (χ0n) is 16.4. The van der Waals surface area contributed by atoms with E-state index in [0.717, 1.165) is 12.0 Å². The largest absolute Gasteiger partial charge is 0.491 e. The molecule has 0 atom stereocenters. The Morgan fingerprint density at radius 1 is 0.960 bits per heavy atom. The van der Waals surface area contributed by atoms with E-state index in [0.29, 0.717) is 17.8 Å². The topological polar surface area (TPSA) is 9.23 Å². The summed E-state index contributed by atoms with van der Waals surface area (Å²) in [5, 5.41) is 0. The van der Waals surface area contributed by atoms with Crippen LogP contribution in [0.4, 0.5) is 4.39 Å². The van der Waals surface area contributed by atoms with Crippen molar-refractivity contribution in [2.45, 2.75) is 97.3 Å². The third kappa shape index (κ3) is 6.64. The molecule has 1 fully saturated rings. The van der Waals surface area contributed by atoms with Crippen molar-refractivity contribution in [3.63, 3.8) is 0 Å². The molecule has 1 aliphatic carbocycles. The van der Waals surface area contributed by atoms with Gasteiger partial charge >= 0.3 is 0 Å². The molecule has 2 heteroatoms. The maximum Gasteiger partial charge on any atom is 0.165 e. The van der Waals surface area contributed by atoms with Crippen molar-refractivity contribution in [1.29, 1.82) is 0 Å². The van der Waals surface area contributed by atoms with Crippen molar-refractivity contribution >= 4 is 0 Å². The van der Waals surface area contributed by atoms with E-state index in [1.165, 1.54) is 77.0 Å². The number of aryl methyl sites for hydroxylation is 1. The molecule has 1 aromatic carbocycles. The minimum Gasteiger partial charge on any atom is -0.491 e. The highest BCUT2D eigenvalue weighted by atomic mass is 19.1. The third-order valence-electron chi connectivity index (χ3n) is 5.97. The van der Waals surface area contributed by atoms with Crippen molar-refractivity contribution in [3.8, 4) is 5.75 Å². The maximum atomic E-state index is 14.1. The second kappa shape index (κ2) is 10.8. The summed E-state index contributed by atoms with van der Waals surface area (Å²) < 4.78 is 19.4. The Morgan fingerprint density at radius 2 is 1.72 bits per heavy atom. The van der Waals surface area contributed by atoms with Crippen molar-refractivity contribution in [2.24, 2.45) is 5.41 Å². The first kappa shape index (κ1) is 20.3. The molecule has 142 valence electrons. The fraction of sp³-hybridized carbons (Fsp3) is 0.739. The number of unbranched alkanes of at least 4 members (excludes halogenated alkanes) is 4. The number of ether oxygens (including phenoxy) is 1. The molecule has 0 heterocycles. The van der Waals surface area contributed by atoms with Gasteiger partial charge in [-0.05, 0) is 62.1 Å². The van der Waals surface area contributed by atoms with E-state index in [4.69, 9.17) is 4.74 Å². The first-order valence-corrected chi connectivity index (χ1v) is 10.6. The molecule has 0 amide bonds. The summed E-state index contributed by atoms with van der Waals surface area (Å²) in [4.78, 5) is 0. The number of halogens is 1. The second-order valence-corrected chi connectivity index (χ2v) is 7.92. The summed E-state index contributed by atoms with van der Waals surface area (Å²) >= 11 is 0. The Labute approximate surface area is 154 Å². The van der Waals surface area contributed by atoms with Gasteiger partial charge in [0, 0.05) is 0 Å². The van der Waals surface area contributed by atoms with E-state index < -0.39 is 0 Å². The second-order valence-electron chi connectivity index (χ2n) is 7.92. The standard InChI is InChI=1S/C23H37FO/c1-3-5-6-7-9-15-23(16-10-8-11-17-23)18-14-20-12-13-22(25-4-2)21(24)19-20/h12-13,19H,3-11,14-18H2,1-2H3. The minimum atomic E-state index is -0.211. The van der Waals surface area contributed by atoms with Crippen molar-refractivity contribution < 1.29 is 9.13 Å². The van der Waals surface area contributed by atoms with Crippen LogP contribution >= 0.6 is 0 Å². The third-order valence-corrected chi connectivity index (χ3v) is 5.97. The van der Waals surface area contributed by atoms with Crippen molar-refractivity contribution in [2.75, 3.05) is 6.61 Å². The van der Waals surface area contributed by atoms with E-state index in [9.17, 15) is 4.39 Å². The molecule has 1 aromatic rings. The molecule has 0 aliphatic heterocycles. The van der Waals surface area contributed by atoms with Gasteiger partial charge in [-0.1, -0.05) is 64.4 Å². The zero-order chi connectivity index (χ0) is 18.0. The predicted molar refractivity (Wildman–Crippen MR) is 105 cm³/mol. The van der Waals surface area contributed by atoms with Crippen LogP contribution in [0.15, 0.2) is 18.2 Å². The Balaban J connectivity index is 1.89. The van der Waals surface area contributed by atoms with Gasteiger partial charge in [-0.15, -0.1) is 0 Å². The summed E-state index contributed by atoms with van der Waals surface area (Å²) in [5.41, 5.74) is 1.64. The molecule has 0 N–H and O–H groups in total. The molecular formula is C23H37FO. The molecule has 1 aliphatic rings. The fourth-order valence-electron chi connectivity index (χ4n) is 4.41. The summed E-state index contributed by atoms with van der Waals surface area (Å²) in [6.45, 7) is 4.68. The van der Waals surface area contributed by atoms with Gasteiger partial charge in [0.25, 0.3) is 0 Å². The van der Waals surface area contributed by atoms with Gasteiger partial charge in [0.1, 0.15) is 0 Å². The van der Waals surface area contributed by atoms with E-state index in [-0.39, 0.29) is 5.82 Å². The van der Waals surface area contributed by atoms with Crippen LogP contribution in [0.1, 0.15) is 96.5 Å². The lowest BCUT2D eigenvalue weighted by molar-refractivity contribution is 0.152. The monoisotopic (exact) mass is 348 g/mol. The summed E-state index contributed by atoms with van der Waals surface area (Å²) in [5.74, 6) is 0.172. The van der Waals surface area contributed by atoms with E-state index in [1.807, 2.05) is 13.0 Å². The zero-order valence-corrected chi connectivity index (χ0v) is 16.4. The molecular weight excluding hydrogens is 311 g/mol. The predicted octanol–water partition coefficient (Wildman–Crippen LogP) is 7.47. The van der Waals surface area contributed by atoms with E-state index >= 15 is 0 Å². The SMILES string of the molecule is CCCCCCCC1(CCc2ccc(OCC)c(F)c2)CCCCC1. The van der Waals surface area contributed by atoms with Crippen molar-refractivity contribution in [1.82, 2.24) is 0 Å². The Kier molecular flexibility index (Phi) is 8.78. The first-order chi connectivity index (χ1) is 12.2. The number of benzene rings is 1. The van der Waals surface area contributed by atoms with Gasteiger partial charge in [0.15, 0.2) is 11.6 Å². The number of hydrogen-bond donors (Lipinski definition) is 0. The Hall–Kier alpha value is -1.05. The summed E-state index contributed by atoms with van der Waals surface area (Å²) in [6, 6.07) is 5.53. The van der Waals surface area contributed by atoms with Crippen LogP contribution in [0.2, 0.25) is 0 Å². The molecule has 0 unspecified atom stereocenters. The van der Waals surface area contributed by atoms with Crippen LogP contribution in [-0.2, 0) is 6.42 Å². The lowest BCUT2D eigenvalue weighted by atomic mass is 9.68. The highest BCUT2D eigenvalue weighted by Gasteiger charge is 2.31. The average molecular weight is 349 g/mol. The van der Waals surface area contributed by atoms with Crippen molar-refractivity contribution in [3.05, 3.63) is 29.6 Å². The molecule has 0 bridgehead atoms. The molecule has 0 radical (unpaired) electrons. The molecule has 0 aromatic heterocycles. The van der Waals surface area contributed by atoms with Gasteiger partial charge in [-0.3, -0.25) is 0 Å².